The maximum atomic E-state index is 11.0. The molecule has 0 amide bonds. The fourth-order valence-corrected chi connectivity index (χ4v) is 2.46. The van der Waals surface area contributed by atoms with Gasteiger partial charge >= 0.3 is 11.9 Å². The number of ether oxygens (including phenoxy) is 3. The molecule has 2 rings (SSSR count). The summed E-state index contributed by atoms with van der Waals surface area (Å²) in [5, 5.41) is 75.8. The highest BCUT2D eigenvalue weighted by molar-refractivity contribution is 5.73. The molecule has 0 aromatic rings. The van der Waals surface area contributed by atoms with E-state index < -0.39 is 73.4 Å². The summed E-state index contributed by atoms with van der Waals surface area (Å²) in [5.74, 6) is -3.37. The fraction of sp³-hybridized carbons (Fsp3) is 0.833. The number of hydrogen-bond donors (Lipinski definition) is 8. The fourth-order valence-electron chi connectivity index (χ4n) is 2.46. The summed E-state index contributed by atoms with van der Waals surface area (Å²) in [4.78, 5) is 22.0. The Bertz CT molecular complexity index is 467. The lowest BCUT2D eigenvalue weighted by Gasteiger charge is -2.43. The van der Waals surface area contributed by atoms with Crippen LogP contribution >= 0.6 is 0 Å². The molecule has 25 heavy (non-hydrogen) atoms. The van der Waals surface area contributed by atoms with Crippen molar-refractivity contribution in [3.8, 4) is 0 Å². The molecule has 0 aromatic heterocycles. The summed E-state index contributed by atoms with van der Waals surface area (Å²) >= 11 is 0. The van der Waals surface area contributed by atoms with Crippen LogP contribution in [0.4, 0.5) is 0 Å². The Morgan fingerprint density at radius 2 is 0.920 bits per heavy atom. The number of carboxylic acids is 2. The molecule has 2 heterocycles. The van der Waals surface area contributed by atoms with Crippen molar-refractivity contribution in [2.75, 3.05) is 0 Å². The molecule has 10 atom stereocenters. The van der Waals surface area contributed by atoms with Crippen molar-refractivity contribution in [1.29, 1.82) is 0 Å². The smallest absolute Gasteiger partial charge is 0.335 e. The van der Waals surface area contributed by atoms with Gasteiger partial charge in [-0.3, -0.25) is 0 Å². The molecule has 0 spiro atoms. The third-order valence-electron chi connectivity index (χ3n) is 3.89. The van der Waals surface area contributed by atoms with Crippen molar-refractivity contribution < 1.29 is 64.7 Å². The van der Waals surface area contributed by atoms with Gasteiger partial charge in [-0.1, -0.05) is 0 Å². The lowest BCUT2D eigenvalue weighted by atomic mass is 9.98. The Labute approximate surface area is 139 Å². The van der Waals surface area contributed by atoms with Gasteiger partial charge < -0.3 is 55.1 Å². The van der Waals surface area contributed by atoms with E-state index in [2.05, 4.69) is 0 Å². The molecule has 2 fully saturated rings. The first-order valence-electron chi connectivity index (χ1n) is 7.06. The van der Waals surface area contributed by atoms with Gasteiger partial charge in [0.2, 0.25) is 0 Å². The van der Waals surface area contributed by atoms with E-state index >= 15 is 0 Å². The number of carbonyl (C=O) groups is 2. The normalized spacial score (nSPS) is 48.1. The van der Waals surface area contributed by atoms with Crippen LogP contribution in [-0.4, -0.2) is 114 Å². The molecular weight excluding hydrogens is 352 g/mol. The highest BCUT2D eigenvalue weighted by Crippen LogP contribution is 2.28. The molecule has 0 saturated carbocycles. The number of aliphatic hydroxyl groups excluding tert-OH is 6. The summed E-state index contributed by atoms with van der Waals surface area (Å²) in [7, 11) is 0. The number of carboxylic acid groups (broad SMARTS) is 2. The Hall–Kier alpha value is -1.42. The van der Waals surface area contributed by atoms with Gasteiger partial charge in [0, 0.05) is 0 Å². The van der Waals surface area contributed by atoms with Crippen molar-refractivity contribution >= 4 is 11.9 Å². The molecule has 8 N–H and O–H groups in total. The van der Waals surface area contributed by atoms with Crippen molar-refractivity contribution in [2.24, 2.45) is 0 Å². The van der Waals surface area contributed by atoms with Crippen LogP contribution in [0.2, 0.25) is 0 Å². The van der Waals surface area contributed by atoms with Crippen molar-refractivity contribution in [2.45, 2.75) is 61.4 Å². The minimum Gasteiger partial charge on any atom is -0.479 e. The lowest BCUT2D eigenvalue weighted by Crippen LogP contribution is -2.64. The molecule has 13 nitrogen and oxygen atoms in total. The van der Waals surface area contributed by atoms with Crippen LogP contribution in [-0.2, 0) is 23.8 Å². The molecule has 2 aliphatic heterocycles. The predicted molar refractivity (Wildman–Crippen MR) is 69.7 cm³/mol. The second kappa shape index (κ2) is 7.45. The molecule has 144 valence electrons. The Kier molecular flexibility index (Phi) is 5.93. The topological polar surface area (TPSA) is 224 Å². The van der Waals surface area contributed by atoms with Crippen LogP contribution in [0.5, 0.6) is 0 Å². The molecule has 2 aliphatic rings. The van der Waals surface area contributed by atoms with E-state index in [0.29, 0.717) is 0 Å². The Morgan fingerprint density at radius 1 is 0.600 bits per heavy atom. The summed E-state index contributed by atoms with van der Waals surface area (Å²) in [6, 6.07) is 0. The Morgan fingerprint density at radius 3 is 1.20 bits per heavy atom. The largest absolute Gasteiger partial charge is 0.479 e. The van der Waals surface area contributed by atoms with E-state index in [1.807, 2.05) is 0 Å². The number of aliphatic carboxylic acids is 2. The van der Waals surface area contributed by atoms with Gasteiger partial charge in [-0.25, -0.2) is 9.59 Å². The van der Waals surface area contributed by atoms with E-state index in [9.17, 15) is 40.2 Å². The number of aliphatic hydroxyl groups is 6. The third kappa shape index (κ3) is 3.74. The number of hydrogen-bond acceptors (Lipinski definition) is 11. The van der Waals surface area contributed by atoms with Crippen molar-refractivity contribution in [1.82, 2.24) is 0 Å². The molecule has 13 heteroatoms. The first kappa shape index (κ1) is 19.9. The van der Waals surface area contributed by atoms with Crippen molar-refractivity contribution in [3.63, 3.8) is 0 Å². The summed E-state index contributed by atoms with van der Waals surface area (Å²) in [5.41, 5.74) is 0. The van der Waals surface area contributed by atoms with Gasteiger partial charge in [-0.2, -0.15) is 0 Å². The van der Waals surface area contributed by atoms with Crippen LogP contribution in [0, 0.1) is 0 Å². The maximum Gasteiger partial charge on any atom is 0.335 e. The van der Waals surface area contributed by atoms with E-state index in [-0.39, 0.29) is 0 Å². The molecule has 2 saturated heterocycles. The first-order valence-corrected chi connectivity index (χ1v) is 7.06. The van der Waals surface area contributed by atoms with Gasteiger partial charge in [-0.15, -0.1) is 0 Å². The van der Waals surface area contributed by atoms with Gasteiger partial charge in [0.25, 0.3) is 0 Å². The van der Waals surface area contributed by atoms with Gasteiger partial charge in [0.1, 0.15) is 36.6 Å². The zero-order valence-electron chi connectivity index (χ0n) is 12.4. The molecule has 2 unspecified atom stereocenters. The minimum absolute atomic E-state index is 1.68. The first-order chi connectivity index (χ1) is 11.6. The molecular formula is C12H18O13. The van der Waals surface area contributed by atoms with Crippen LogP contribution < -0.4 is 0 Å². The van der Waals surface area contributed by atoms with E-state index in [1.165, 1.54) is 0 Å². The lowest BCUT2D eigenvalue weighted by molar-refractivity contribution is -0.368. The maximum absolute atomic E-state index is 11.0. The van der Waals surface area contributed by atoms with Crippen molar-refractivity contribution in [3.05, 3.63) is 0 Å². The van der Waals surface area contributed by atoms with Crippen LogP contribution in [0.3, 0.4) is 0 Å². The standard InChI is InChI=1S/C12H18O13/c13-1-3(15)7(9(19)20)23-11(5(1)17)25-12-6(18)2(14)4(16)8(24-12)10(21)22/h1-8,11-18H,(H,19,20)(H,21,22)/t1-,2-,3-,4-,5+,6+,7?,8?,11+,12+/m0/s1. The third-order valence-corrected chi connectivity index (χ3v) is 3.89. The molecule has 0 radical (unpaired) electrons. The van der Waals surface area contributed by atoms with Gasteiger partial charge in [0.05, 0.1) is 0 Å². The Balaban J connectivity index is 2.15. The van der Waals surface area contributed by atoms with E-state index in [4.69, 9.17) is 24.4 Å². The molecule has 0 aromatic carbocycles. The second-order valence-electron chi connectivity index (χ2n) is 5.61. The summed E-state index contributed by atoms with van der Waals surface area (Å²) < 4.78 is 14.5. The van der Waals surface area contributed by atoms with Gasteiger partial charge in [-0.05, 0) is 0 Å². The molecule has 0 bridgehead atoms. The number of rotatable bonds is 4. The molecule has 0 aliphatic carbocycles. The average Bonchev–Trinajstić information content (AvgIpc) is 2.54. The quantitative estimate of drug-likeness (QED) is 0.232. The summed E-state index contributed by atoms with van der Waals surface area (Å²) in [6.07, 6.45) is -19.8. The average molecular weight is 370 g/mol. The highest BCUT2D eigenvalue weighted by Gasteiger charge is 2.52. The van der Waals surface area contributed by atoms with Crippen LogP contribution in [0.1, 0.15) is 0 Å². The summed E-state index contributed by atoms with van der Waals surface area (Å²) in [6.45, 7) is 0. The van der Waals surface area contributed by atoms with E-state index in [1.54, 1.807) is 0 Å². The monoisotopic (exact) mass is 370 g/mol. The SMILES string of the molecule is O=C(O)C1O[C@H](O[C@H]2OC(C(=O)O)[C@@H](O)[C@H](O)[C@H]2O)[C@H](O)[C@@H](O)[C@@H]1O. The highest BCUT2D eigenvalue weighted by atomic mass is 16.8. The minimum atomic E-state index is -1.99. The second-order valence-corrected chi connectivity index (χ2v) is 5.61. The van der Waals surface area contributed by atoms with Crippen LogP contribution in [0.25, 0.3) is 0 Å². The zero-order valence-corrected chi connectivity index (χ0v) is 12.4. The van der Waals surface area contributed by atoms with Gasteiger partial charge in [0.15, 0.2) is 24.8 Å². The van der Waals surface area contributed by atoms with E-state index in [0.717, 1.165) is 0 Å². The zero-order chi connectivity index (χ0) is 19.0. The predicted octanol–water partition coefficient (Wildman–Crippen LogP) is -5.21. The van der Waals surface area contributed by atoms with Crippen LogP contribution in [0.15, 0.2) is 0 Å².